The normalized spacial score (nSPS) is 12.9. The molecule has 0 aromatic heterocycles. The summed E-state index contributed by atoms with van der Waals surface area (Å²) < 4.78 is 183. The second-order valence-corrected chi connectivity index (χ2v) is 18.1. The van der Waals surface area contributed by atoms with Gasteiger partial charge >= 0.3 is 36.2 Å². The van der Waals surface area contributed by atoms with Crippen LogP contribution in [-0.2, 0) is 57.1 Å². The van der Waals surface area contributed by atoms with E-state index in [1.165, 1.54) is 0 Å². The zero-order valence-corrected chi connectivity index (χ0v) is 42.0. The van der Waals surface area contributed by atoms with E-state index >= 15 is 0 Å². The van der Waals surface area contributed by atoms with Gasteiger partial charge in [-0.2, -0.15) is 26.3 Å². The van der Waals surface area contributed by atoms with E-state index in [0.717, 1.165) is 13.8 Å². The number of carbonyl (C=O) groups excluding carboxylic acids is 4. The van der Waals surface area contributed by atoms with Crippen LogP contribution in [0.1, 0.15) is 129 Å². The highest BCUT2D eigenvalue weighted by Crippen LogP contribution is 2.32. The lowest BCUT2D eigenvalue weighted by molar-refractivity contribution is -0.202. The Kier molecular flexibility index (Phi) is 34.4. The molecule has 0 spiro atoms. The van der Waals surface area contributed by atoms with E-state index in [-0.39, 0.29) is 64.8 Å². The van der Waals surface area contributed by atoms with Gasteiger partial charge in [0.05, 0.1) is 48.1 Å². The average Bonchev–Trinajstić information content (AvgIpc) is 3.18. The lowest BCUT2D eigenvalue weighted by Crippen LogP contribution is -2.32. The fourth-order valence-corrected chi connectivity index (χ4v) is 3.39. The van der Waals surface area contributed by atoms with Crippen LogP contribution < -0.4 is 0 Å². The number of rotatable bonds is 28. The molecule has 0 unspecified atom stereocenters. The van der Waals surface area contributed by atoms with E-state index in [2.05, 4.69) is 18.9 Å². The van der Waals surface area contributed by atoms with Gasteiger partial charge in [0, 0.05) is 13.8 Å². The summed E-state index contributed by atoms with van der Waals surface area (Å²) in [5.74, 6) is -11.3. The van der Waals surface area contributed by atoms with Crippen LogP contribution in [0.2, 0.25) is 0 Å². The van der Waals surface area contributed by atoms with E-state index < -0.39 is 96.6 Å². The van der Waals surface area contributed by atoms with Crippen LogP contribution in [0.15, 0.2) is 0 Å². The molecular weight excluding hydrogens is 948 g/mol. The monoisotopic (exact) mass is 1020 g/mol. The fraction of sp³-hybridized carbons (Fsp3) is 0.909. The molecule has 0 aliphatic carbocycles. The van der Waals surface area contributed by atoms with Gasteiger partial charge in [-0.1, -0.05) is 27.7 Å². The maximum absolute atomic E-state index is 12.8. The highest BCUT2D eigenvalue weighted by atomic mass is 19.4. The Morgan fingerprint density at radius 1 is 0.324 bits per heavy atom. The van der Waals surface area contributed by atoms with Crippen LogP contribution in [0.3, 0.4) is 0 Å². The van der Waals surface area contributed by atoms with Crippen molar-refractivity contribution in [3.8, 4) is 0 Å². The van der Waals surface area contributed by atoms with Gasteiger partial charge in [-0.25, -0.2) is 26.3 Å². The molecule has 0 amide bonds. The molecule has 0 atom stereocenters. The van der Waals surface area contributed by atoms with E-state index in [1.54, 1.807) is 62.3 Å². The van der Waals surface area contributed by atoms with Crippen molar-refractivity contribution in [1.82, 2.24) is 0 Å². The molecule has 0 rings (SSSR count). The third kappa shape index (κ3) is 42.9. The van der Waals surface area contributed by atoms with Crippen molar-refractivity contribution in [2.24, 2.45) is 21.7 Å². The molecule has 24 heteroatoms. The van der Waals surface area contributed by atoms with Crippen LogP contribution in [0.4, 0.5) is 52.7 Å². The summed E-state index contributed by atoms with van der Waals surface area (Å²) in [7, 11) is 0. The Morgan fingerprint density at radius 3 is 0.735 bits per heavy atom. The topological polar surface area (TPSA) is 142 Å². The first-order valence-electron chi connectivity index (χ1n) is 21.7. The van der Waals surface area contributed by atoms with Crippen LogP contribution in [0.25, 0.3) is 0 Å². The van der Waals surface area contributed by atoms with Crippen LogP contribution in [0, 0.1) is 21.7 Å². The molecule has 0 fully saturated rings. The summed E-state index contributed by atoms with van der Waals surface area (Å²) in [6.07, 6.45) is -9.05. The van der Waals surface area contributed by atoms with E-state index in [0.29, 0.717) is 25.7 Å². The van der Waals surface area contributed by atoms with Crippen molar-refractivity contribution in [2.45, 2.75) is 159 Å². The molecule has 0 aliphatic rings. The summed E-state index contributed by atoms with van der Waals surface area (Å²) in [5.41, 5.74) is -2.37. The zero-order chi connectivity index (χ0) is 54.5. The number of hydrogen-bond acceptors (Lipinski definition) is 12. The third-order valence-electron chi connectivity index (χ3n) is 9.34. The van der Waals surface area contributed by atoms with E-state index in [4.69, 9.17) is 18.9 Å². The van der Waals surface area contributed by atoms with Crippen molar-refractivity contribution in [3.63, 3.8) is 0 Å². The smallest absolute Gasteiger partial charge is 0.411 e. The number of alkyl halides is 12. The number of ether oxygens (including phenoxy) is 8. The molecule has 68 heavy (non-hydrogen) atoms. The molecule has 0 saturated carbocycles. The molecule has 0 saturated heterocycles. The quantitative estimate of drug-likeness (QED) is 0.0319. The number of halogens is 12. The van der Waals surface area contributed by atoms with Crippen molar-refractivity contribution < 1.29 is 110 Å². The highest BCUT2D eigenvalue weighted by molar-refractivity contribution is 5.77. The second-order valence-electron chi connectivity index (χ2n) is 18.1. The molecule has 0 radical (unpaired) electrons. The first kappa shape index (κ1) is 71.4. The Hall–Kier alpha value is -3.12. The molecular formula is C44H76F12O12. The second kappa shape index (κ2) is 32.7. The van der Waals surface area contributed by atoms with Gasteiger partial charge in [-0.05, 0) is 81.1 Å². The average molecular weight is 1030 g/mol. The third-order valence-corrected chi connectivity index (χ3v) is 9.34. The Labute approximate surface area is 393 Å². The maximum atomic E-state index is 12.8. The molecule has 0 bridgehead atoms. The van der Waals surface area contributed by atoms with Crippen LogP contribution >= 0.6 is 0 Å². The Morgan fingerprint density at radius 2 is 0.544 bits per heavy atom. The van der Waals surface area contributed by atoms with E-state index in [1.807, 2.05) is 20.8 Å². The Balaban J connectivity index is -0.000000404. The fourth-order valence-electron chi connectivity index (χ4n) is 3.39. The summed E-state index contributed by atoms with van der Waals surface area (Å²) >= 11 is 0. The zero-order valence-electron chi connectivity index (χ0n) is 42.0. The SMILES string of the molecule is CCC(C)(C)C(=O)OCCOCC(C)(F)F.CCC(C)(C)C(=O)OCCOCC(C)(F)F.CCC(C)(C)C(=O)OCCOCC(F)(F)CC(F)(F)F.CCC(C)(C)C(=O)OCCOCC(F)(F)F. The van der Waals surface area contributed by atoms with Crippen molar-refractivity contribution >= 4 is 23.9 Å². The van der Waals surface area contributed by atoms with Gasteiger partial charge in [-0.15, -0.1) is 0 Å². The number of hydrogen-bond donors (Lipinski definition) is 0. The van der Waals surface area contributed by atoms with E-state index in [9.17, 15) is 71.9 Å². The molecule has 0 heterocycles. The molecule has 0 N–H and O–H groups in total. The van der Waals surface area contributed by atoms with Gasteiger partial charge in [0.25, 0.3) is 17.8 Å². The summed E-state index contributed by atoms with van der Waals surface area (Å²) in [4.78, 5) is 45.7. The van der Waals surface area contributed by atoms with Crippen molar-refractivity contribution in [3.05, 3.63) is 0 Å². The predicted octanol–water partition coefficient (Wildman–Crippen LogP) is 11.4. The minimum Gasteiger partial charge on any atom is -0.463 e. The lowest BCUT2D eigenvalue weighted by Gasteiger charge is -2.21. The predicted molar refractivity (Wildman–Crippen MR) is 226 cm³/mol. The molecule has 408 valence electrons. The summed E-state index contributed by atoms with van der Waals surface area (Å²) in [6.45, 7) is 17.8. The standard InChI is InChI=1S/C12H19F5O3.2C11H20F2O3.C10H17F3O3/c1-4-10(2,3)9(18)20-6-5-19-8-11(13,14)7-12(15,16)17;2*1-5-10(2,3)9(14)16-7-6-15-8-11(4,12)13;1-4-9(2,3)8(14)16-6-5-15-7-10(11,12)13/h4-8H2,1-3H3;2*5-8H2,1-4H3;4-7H2,1-3H3. The molecule has 12 nitrogen and oxygen atoms in total. The van der Waals surface area contributed by atoms with Crippen molar-refractivity contribution in [1.29, 1.82) is 0 Å². The Bertz CT molecular complexity index is 1280. The van der Waals surface area contributed by atoms with Gasteiger partial charge in [0.1, 0.15) is 59.3 Å². The minimum atomic E-state index is -4.95. The van der Waals surface area contributed by atoms with Gasteiger partial charge in [0.15, 0.2) is 0 Å². The van der Waals surface area contributed by atoms with Crippen LogP contribution in [-0.4, -0.2) is 133 Å². The first-order valence-corrected chi connectivity index (χ1v) is 21.7. The summed E-state index contributed by atoms with van der Waals surface area (Å²) in [5, 5.41) is 0. The number of esters is 4. The highest BCUT2D eigenvalue weighted by Gasteiger charge is 2.44. The minimum absolute atomic E-state index is 0.00500. The van der Waals surface area contributed by atoms with Gasteiger partial charge < -0.3 is 37.9 Å². The van der Waals surface area contributed by atoms with Crippen molar-refractivity contribution in [2.75, 3.05) is 79.3 Å². The lowest BCUT2D eigenvalue weighted by atomic mass is 9.91. The summed E-state index contributed by atoms with van der Waals surface area (Å²) in [6, 6.07) is 0. The molecule has 0 aliphatic heterocycles. The molecule has 0 aromatic rings. The molecule has 0 aromatic carbocycles. The largest absolute Gasteiger partial charge is 0.463 e. The van der Waals surface area contributed by atoms with Gasteiger partial charge in [-0.3, -0.25) is 19.2 Å². The maximum Gasteiger partial charge on any atom is 0.411 e. The first-order chi connectivity index (χ1) is 30.5. The van der Waals surface area contributed by atoms with Gasteiger partial charge in [0.2, 0.25) is 0 Å². The van der Waals surface area contributed by atoms with Crippen LogP contribution in [0.5, 0.6) is 0 Å². The number of carbonyl (C=O) groups is 4.